The maximum atomic E-state index is 13.5. The Hall–Kier alpha value is -2.42. The summed E-state index contributed by atoms with van der Waals surface area (Å²) in [6.07, 6.45) is 1.09. The number of ether oxygens (including phenoxy) is 1. The normalized spacial score (nSPS) is 9.83. The van der Waals surface area contributed by atoms with Crippen LogP contribution in [0.1, 0.15) is 0 Å². The summed E-state index contributed by atoms with van der Waals surface area (Å²) >= 11 is 0. The summed E-state index contributed by atoms with van der Waals surface area (Å²) in [5.74, 6) is -0.401. The molecule has 90 valence electrons. The van der Waals surface area contributed by atoms with Gasteiger partial charge in [0.1, 0.15) is 11.6 Å². The Morgan fingerprint density at radius 2 is 1.78 bits per heavy atom. The summed E-state index contributed by atoms with van der Waals surface area (Å²) in [6, 6.07) is 13.1. The molecule has 2 rings (SSSR count). The zero-order chi connectivity index (χ0) is 13.0. The Labute approximate surface area is 104 Å². The van der Waals surface area contributed by atoms with Gasteiger partial charge in [0.2, 0.25) is 0 Å². The van der Waals surface area contributed by atoms with Crippen molar-refractivity contribution < 1.29 is 13.9 Å². The zero-order valence-electron chi connectivity index (χ0n) is 9.60. The van der Waals surface area contributed by atoms with Crippen LogP contribution in [0.2, 0.25) is 0 Å². The van der Waals surface area contributed by atoms with Gasteiger partial charge in [-0.05, 0) is 23.8 Å². The molecule has 2 nitrogen and oxygen atoms in total. The van der Waals surface area contributed by atoms with Gasteiger partial charge in [-0.1, -0.05) is 36.9 Å². The Balaban J connectivity index is 2.25. The highest BCUT2D eigenvalue weighted by molar-refractivity contribution is 5.83. The van der Waals surface area contributed by atoms with Crippen LogP contribution in [-0.2, 0) is 4.79 Å². The molecule has 2 aromatic rings. The third-order valence-corrected chi connectivity index (χ3v) is 2.42. The molecular weight excluding hydrogens is 231 g/mol. The van der Waals surface area contributed by atoms with Gasteiger partial charge in [-0.15, -0.1) is 0 Å². The van der Waals surface area contributed by atoms with Gasteiger partial charge < -0.3 is 4.74 Å². The van der Waals surface area contributed by atoms with Crippen molar-refractivity contribution in [2.75, 3.05) is 0 Å². The number of halogens is 1. The molecule has 0 aliphatic carbocycles. The lowest BCUT2D eigenvalue weighted by atomic mass is 10.1. The van der Waals surface area contributed by atoms with E-state index in [1.807, 2.05) is 0 Å². The molecule has 0 aliphatic rings. The number of carbonyl (C=O) groups excluding carboxylic acids is 1. The van der Waals surface area contributed by atoms with E-state index >= 15 is 0 Å². The topological polar surface area (TPSA) is 26.3 Å². The van der Waals surface area contributed by atoms with Crippen LogP contribution >= 0.6 is 0 Å². The van der Waals surface area contributed by atoms with E-state index in [2.05, 4.69) is 6.58 Å². The van der Waals surface area contributed by atoms with Crippen molar-refractivity contribution in [1.82, 2.24) is 0 Å². The monoisotopic (exact) mass is 242 g/mol. The fourth-order valence-electron chi connectivity index (χ4n) is 1.56. The van der Waals surface area contributed by atoms with Crippen LogP contribution in [0.3, 0.4) is 0 Å². The van der Waals surface area contributed by atoms with Crippen LogP contribution in [0, 0.1) is 5.82 Å². The molecule has 0 radical (unpaired) electrons. The van der Waals surface area contributed by atoms with E-state index in [4.69, 9.17) is 4.74 Å². The Kier molecular flexibility index (Phi) is 3.53. The predicted molar refractivity (Wildman–Crippen MR) is 67.7 cm³/mol. The van der Waals surface area contributed by atoms with Crippen molar-refractivity contribution in [2.45, 2.75) is 0 Å². The van der Waals surface area contributed by atoms with Crippen LogP contribution in [0.15, 0.2) is 61.2 Å². The number of carbonyl (C=O) groups is 1. The summed E-state index contributed by atoms with van der Waals surface area (Å²) in [5, 5.41) is 0. The second-order valence-corrected chi connectivity index (χ2v) is 3.63. The fourth-order valence-corrected chi connectivity index (χ4v) is 1.56. The van der Waals surface area contributed by atoms with E-state index in [-0.39, 0.29) is 5.82 Å². The van der Waals surface area contributed by atoms with Crippen LogP contribution in [-0.4, -0.2) is 5.97 Å². The molecule has 0 heterocycles. The number of hydrogen-bond donors (Lipinski definition) is 0. The molecule has 2 aromatic carbocycles. The van der Waals surface area contributed by atoms with Crippen molar-refractivity contribution >= 4 is 5.97 Å². The Morgan fingerprint density at radius 3 is 2.39 bits per heavy atom. The minimum atomic E-state index is -0.520. The first-order valence-corrected chi connectivity index (χ1v) is 5.40. The molecule has 18 heavy (non-hydrogen) atoms. The molecule has 0 aromatic heterocycles. The molecule has 3 heteroatoms. The largest absolute Gasteiger partial charge is 0.423 e. The third-order valence-electron chi connectivity index (χ3n) is 2.42. The number of esters is 1. The fraction of sp³-hybridized carbons (Fsp3) is 0. The molecule has 0 saturated carbocycles. The number of hydrogen-bond acceptors (Lipinski definition) is 2. The van der Waals surface area contributed by atoms with Crippen molar-refractivity contribution in [3.05, 3.63) is 67.0 Å². The highest BCUT2D eigenvalue weighted by Crippen LogP contribution is 2.24. The molecule has 0 unspecified atom stereocenters. The zero-order valence-corrected chi connectivity index (χ0v) is 9.60. The van der Waals surface area contributed by atoms with Gasteiger partial charge in [-0.2, -0.15) is 0 Å². The van der Waals surface area contributed by atoms with E-state index in [9.17, 15) is 9.18 Å². The predicted octanol–water partition coefficient (Wildman–Crippen LogP) is 3.58. The molecule has 0 N–H and O–H groups in total. The first kappa shape index (κ1) is 12.0. The summed E-state index contributed by atoms with van der Waals surface area (Å²) in [4.78, 5) is 11.0. The highest BCUT2D eigenvalue weighted by Gasteiger charge is 2.05. The SMILES string of the molecule is C=CC(=O)Oc1ccc(-c2ccccc2F)cc1. The quantitative estimate of drug-likeness (QED) is 0.467. The van der Waals surface area contributed by atoms with E-state index in [1.54, 1.807) is 42.5 Å². The summed E-state index contributed by atoms with van der Waals surface area (Å²) in [6.45, 7) is 3.31. The minimum absolute atomic E-state index is 0.284. The van der Waals surface area contributed by atoms with Crippen LogP contribution in [0.5, 0.6) is 5.75 Å². The van der Waals surface area contributed by atoms with Crippen molar-refractivity contribution in [3.8, 4) is 16.9 Å². The molecule has 0 spiro atoms. The lowest BCUT2D eigenvalue weighted by molar-refractivity contribution is -0.128. The summed E-state index contributed by atoms with van der Waals surface area (Å²) in [5.41, 5.74) is 1.24. The molecule has 0 aliphatic heterocycles. The first-order valence-electron chi connectivity index (χ1n) is 5.40. The maximum absolute atomic E-state index is 13.5. The molecule has 0 saturated heterocycles. The minimum Gasteiger partial charge on any atom is -0.423 e. The number of rotatable bonds is 3. The van der Waals surface area contributed by atoms with Crippen molar-refractivity contribution in [2.24, 2.45) is 0 Å². The van der Waals surface area contributed by atoms with Crippen molar-refractivity contribution in [1.29, 1.82) is 0 Å². The van der Waals surface area contributed by atoms with E-state index in [0.717, 1.165) is 11.6 Å². The average molecular weight is 242 g/mol. The number of benzene rings is 2. The standard InChI is InChI=1S/C15H11FO2/c1-2-15(17)18-12-9-7-11(8-10-12)13-5-3-4-6-14(13)16/h2-10H,1H2. The van der Waals surface area contributed by atoms with E-state index < -0.39 is 5.97 Å². The highest BCUT2D eigenvalue weighted by atomic mass is 19.1. The third kappa shape index (κ3) is 2.63. The van der Waals surface area contributed by atoms with Gasteiger partial charge in [0.25, 0.3) is 0 Å². The van der Waals surface area contributed by atoms with Crippen molar-refractivity contribution in [3.63, 3.8) is 0 Å². The average Bonchev–Trinajstić information content (AvgIpc) is 2.40. The van der Waals surface area contributed by atoms with Gasteiger partial charge in [0.15, 0.2) is 0 Å². The van der Waals surface area contributed by atoms with E-state index in [0.29, 0.717) is 11.3 Å². The first-order chi connectivity index (χ1) is 8.70. The smallest absolute Gasteiger partial charge is 0.335 e. The van der Waals surface area contributed by atoms with Gasteiger partial charge in [-0.3, -0.25) is 0 Å². The maximum Gasteiger partial charge on any atom is 0.335 e. The molecule has 0 bridgehead atoms. The Morgan fingerprint density at radius 1 is 1.11 bits per heavy atom. The van der Waals surface area contributed by atoms with Crippen LogP contribution in [0.4, 0.5) is 4.39 Å². The van der Waals surface area contributed by atoms with Gasteiger partial charge in [0, 0.05) is 11.6 Å². The lowest BCUT2D eigenvalue weighted by Crippen LogP contribution is -2.02. The second-order valence-electron chi connectivity index (χ2n) is 3.63. The van der Waals surface area contributed by atoms with E-state index in [1.165, 1.54) is 6.07 Å². The lowest BCUT2D eigenvalue weighted by Gasteiger charge is -2.05. The Bertz CT molecular complexity index is 573. The molecule has 0 amide bonds. The van der Waals surface area contributed by atoms with Gasteiger partial charge in [-0.25, -0.2) is 9.18 Å². The molecule has 0 atom stereocenters. The molecule has 0 fully saturated rings. The summed E-state index contributed by atoms with van der Waals surface area (Å²) < 4.78 is 18.5. The van der Waals surface area contributed by atoms with Crippen LogP contribution < -0.4 is 4.74 Å². The summed E-state index contributed by atoms with van der Waals surface area (Å²) in [7, 11) is 0. The second kappa shape index (κ2) is 5.27. The van der Waals surface area contributed by atoms with Gasteiger partial charge >= 0.3 is 5.97 Å². The van der Waals surface area contributed by atoms with Gasteiger partial charge in [0.05, 0.1) is 0 Å². The molecular formula is C15H11FO2. The van der Waals surface area contributed by atoms with Crippen LogP contribution in [0.25, 0.3) is 11.1 Å².